The van der Waals surface area contributed by atoms with E-state index in [-0.39, 0.29) is 6.10 Å². The fourth-order valence-electron chi connectivity index (χ4n) is 1.67. The van der Waals surface area contributed by atoms with E-state index in [9.17, 15) is 0 Å². The normalized spacial score (nSPS) is 12.8. The Morgan fingerprint density at radius 2 is 2.06 bits per heavy atom. The van der Waals surface area contributed by atoms with Crippen molar-refractivity contribution in [3.63, 3.8) is 0 Å². The first-order valence-electron chi connectivity index (χ1n) is 6.14. The molecule has 0 amide bonds. The Kier molecular flexibility index (Phi) is 5.33. The van der Waals surface area contributed by atoms with E-state index in [1.54, 1.807) is 0 Å². The highest BCUT2D eigenvalue weighted by molar-refractivity contribution is 5.30. The maximum atomic E-state index is 5.91. The molecule has 1 rings (SSSR count). The summed E-state index contributed by atoms with van der Waals surface area (Å²) in [6.07, 6.45) is 2.17. The third-order valence-electron chi connectivity index (χ3n) is 2.77. The lowest BCUT2D eigenvalue weighted by Crippen LogP contribution is -2.19. The zero-order chi connectivity index (χ0) is 12.0. The van der Waals surface area contributed by atoms with Crippen LogP contribution in [-0.2, 0) is 0 Å². The van der Waals surface area contributed by atoms with Gasteiger partial charge in [-0.3, -0.25) is 0 Å². The van der Waals surface area contributed by atoms with Crippen LogP contribution < -0.4 is 10.5 Å². The molecule has 0 aromatic heterocycles. The first-order valence-corrected chi connectivity index (χ1v) is 6.14. The summed E-state index contributed by atoms with van der Waals surface area (Å²) in [7, 11) is 0. The van der Waals surface area contributed by atoms with E-state index in [4.69, 9.17) is 10.5 Å². The van der Waals surface area contributed by atoms with Gasteiger partial charge in [0.25, 0.3) is 0 Å². The second-order valence-electron chi connectivity index (χ2n) is 4.45. The second kappa shape index (κ2) is 6.54. The molecule has 2 nitrogen and oxygen atoms in total. The molecule has 0 aliphatic carbocycles. The zero-order valence-corrected chi connectivity index (χ0v) is 10.6. The van der Waals surface area contributed by atoms with Crippen LogP contribution >= 0.6 is 0 Å². The highest BCUT2D eigenvalue weighted by Crippen LogP contribution is 2.21. The molecule has 0 saturated heterocycles. The van der Waals surface area contributed by atoms with Gasteiger partial charge in [-0.2, -0.15) is 0 Å². The van der Waals surface area contributed by atoms with Gasteiger partial charge in [-0.25, -0.2) is 0 Å². The molecule has 1 unspecified atom stereocenters. The Balaban J connectivity index is 2.68. The minimum atomic E-state index is 0.243. The van der Waals surface area contributed by atoms with Crippen molar-refractivity contribution in [2.75, 3.05) is 6.54 Å². The van der Waals surface area contributed by atoms with Crippen molar-refractivity contribution in [1.29, 1.82) is 0 Å². The van der Waals surface area contributed by atoms with Crippen LogP contribution in [0.1, 0.15) is 45.1 Å². The van der Waals surface area contributed by atoms with Crippen molar-refractivity contribution in [1.82, 2.24) is 0 Å². The Hall–Kier alpha value is -1.02. The van der Waals surface area contributed by atoms with E-state index in [2.05, 4.69) is 39.0 Å². The smallest absolute Gasteiger partial charge is 0.120 e. The molecule has 0 spiro atoms. The van der Waals surface area contributed by atoms with E-state index < -0.39 is 0 Å². The minimum Gasteiger partial charge on any atom is -0.490 e. The van der Waals surface area contributed by atoms with E-state index in [0.29, 0.717) is 12.5 Å². The van der Waals surface area contributed by atoms with Gasteiger partial charge in [0.1, 0.15) is 5.75 Å². The molecule has 0 fully saturated rings. The minimum absolute atomic E-state index is 0.243. The molecule has 90 valence electrons. The van der Waals surface area contributed by atoms with Crippen LogP contribution in [0.15, 0.2) is 24.3 Å². The van der Waals surface area contributed by atoms with Crippen LogP contribution in [0.3, 0.4) is 0 Å². The number of rotatable bonds is 6. The van der Waals surface area contributed by atoms with Gasteiger partial charge >= 0.3 is 0 Å². The van der Waals surface area contributed by atoms with Gasteiger partial charge in [0.15, 0.2) is 0 Å². The molecule has 0 aliphatic rings. The summed E-state index contributed by atoms with van der Waals surface area (Å²) in [6.45, 7) is 7.20. The van der Waals surface area contributed by atoms with Crippen molar-refractivity contribution in [2.24, 2.45) is 5.73 Å². The maximum Gasteiger partial charge on any atom is 0.120 e. The standard InChI is InChI=1S/C14H23NO/c1-4-13(8-9-15)16-14-7-5-6-12(10-14)11(2)3/h5-7,10-11,13H,4,8-9,15H2,1-3H3. The molecule has 0 radical (unpaired) electrons. The van der Waals surface area contributed by atoms with E-state index in [0.717, 1.165) is 18.6 Å². The lowest BCUT2D eigenvalue weighted by atomic mass is 10.0. The summed E-state index contributed by atoms with van der Waals surface area (Å²) in [5, 5.41) is 0. The third-order valence-corrected chi connectivity index (χ3v) is 2.77. The van der Waals surface area contributed by atoms with Gasteiger partial charge in [-0.15, -0.1) is 0 Å². The second-order valence-corrected chi connectivity index (χ2v) is 4.45. The maximum absolute atomic E-state index is 5.91. The molecule has 1 aromatic carbocycles. The molecule has 0 bridgehead atoms. The van der Waals surface area contributed by atoms with Crippen LogP contribution in [0.25, 0.3) is 0 Å². The molecular weight excluding hydrogens is 198 g/mol. The lowest BCUT2D eigenvalue weighted by molar-refractivity contribution is 0.189. The third kappa shape index (κ3) is 3.86. The number of hydrogen-bond donors (Lipinski definition) is 1. The quantitative estimate of drug-likeness (QED) is 0.799. The summed E-state index contributed by atoms with van der Waals surface area (Å²) >= 11 is 0. The number of nitrogens with two attached hydrogens (primary N) is 1. The molecule has 2 heteroatoms. The number of benzene rings is 1. The molecular formula is C14H23NO. The molecule has 0 aliphatic heterocycles. The predicted octanol–water partition coefficient (Wildman–Crippen LogP) is 3.32. The largest absolute Gasteiger partial charge is 0.490 e. The van der Waals surface area contributed by atoms with Crippen molar-refractivity contribution in [3.8, 4) is 5.75 Å². The van der Waals surface area contributed by atoms with Gasteiger partial charge in [0.2, 0.25) is 0 Å². The van der Waals surface area contributed by atoms with Crippen LogP contribution in [0.5, 0.6) is 5.75 Å². The summed E-state index contributed by atoms with van der Waals surface area (Å²) in [5.41, 5.74) is 6.88. The van der Waals surface area contributed by atoms with Gasteiger partial charge in [0, 0.05) is 0 Å². The summed E-state index contributed by atoms with van der Waals surface area (Å²) in [6, 6.07) is 8.34. The van der Waals surface area contributed by atoms with Crippen LogP contribution in [0.2, 0.25) is 0 Å². The Bertz CT molecular complexity index is 309. The van der Waals surface area contributed by atoms with Crippen LogP contribution in [-0.4, -0.2) is 12.6 Å². The van der Waals surface area contributed by atoms with Crippen LogP contribution in [0, 0.1) is 0 Å². The van der Waals surface area contributed by atoms with Gasteiger partial charge in [-0.05, 0) is 43.0 Å². The molecule has 0 heterocycles. The Morgan fingerprint density at radius 3 is 2.62 bits per heavy atom. The van der Waals surface area contributed by atoms with Crippen molar-refractivity contribution < 1.29 is 4.74 Å². The highest BCUT2D eigenvalue weighted by atomic mass is 16.5. The molecule has 0 saturated carbocycles. The Morgan fingerprint density at radius 1 is 1.31 bits per heavy atom. The van der Waals surface area contributed by atoms with Crippen molar-refractivity contribution in [2.45, 2.75) is 45.6 Å². The van der Waals surface area contributed by atoms with Crippen molar-refractivity contribution in [3.05, 3.63) is 29.8 Å². The molecule has 16 heavy (non-hydrogen) atoms. The zero-order valence-electron chi connectivity index (χ0n) is 10.6. The lowest BCUT2D eigenvalue weighted by Gasteiger charge is -2.17. The topological polar surface area (TPSA) is 35.2 Å². The fraction of sp³-hybridized carbons (Fsp3) is 0.571. The number of hydrogen-bond acceptors (Lipinski definition) is 2. The number of ether oxygens (including phenoxy) is 1. The van der Waals surface area contributed by atoms with E-state index in [1.165, 1.54) is 5.56 Å². The van der Waals surface area contributed by atoms with E-state index >= 15 is 0 Å². The molecule has 2 N–H and O–H groups in total. The predicted molar refractivity (Wildman–Crippen MR) is 68.9 cm³/mol. The van der Waals surface area contributed by atoms with Gasteiger partial charge in [0.05, 0.1) is 6.10 Å². The average molecular weight is 221 g/mol. The van der Waals surface area contributed by atoms with E-state index in [1.807, 2.05) is 6.07 Å². The SMILES string of the molecule is CCC(CCN)Oc1cccc(C(C)C)c1. The highest BCUT2D eigenvalue weighted by Gasteiger charge is 2.08. The summed E-state index contributed by atoms with van der Waals surface area (Å²) < 4.78 is 5.91. The Labute approximate surface area is 98.8 Å². The molecule has 1 atom stereocenters. The summed E-state index contributed by atoms with van der Waals surface area (Å²) in [4.78, 5) is 0. The van der Waals surface area contributed by atoms with Crippen molar-refractivity contribution >= 4 is 0 Å². The fourth-order valence-corrected chi connectivity index (χ4v) is 1.67. The average Bonchev–Trinajstić information content (AvgIpc) is 2.29. The first kappa shape index (κ1) is 13.0. The monoisotopic (exact) mass is 221 g/mol. The summed E-state index contributed by atoms with van der Waals surface area (Å²) in [5.74, 6) is 1.50. The van der Waals surface area contributed by atoms with Gasteiger partial charge in [-0.1, -0.05) is 32.9 Å². The molecule has 1 aromatic rings. The first-order chi connectivity index (χ1) is 7.67. The van der Waals surface area contributed by atoms with Gasteiger partial charge < -0.3 is 10.5 Å². The van der Waals surface area contributed by atoms with Crippen LogP contribution in [0.4, 0.5) is 0 Å².